The molecule has 2 heterocycles. The monoisotopic (exact) mass is 400 g/mol. The molecule has 0 aliphatic carbocycles. The molecule has 1 aromatic carbocycles. The molecule has 0 spiro atoms. The van der Waals surface area contributed by atoms with Crippen molar-refractivity contribution in [1.29, 1.82) is 0 Å². The number of aryl methyl sites for hydroxylation is 1. The Morgan fingerprint density at radius 3 is 2.45 bits per heavy atom. The summed E-state index contributed by atoms with van der Waals surface area (Å²) in [4.78, 5) is 44.9. The number of hydrogen-bond acceptors (Lipinski definition) is 4. The van der Waals surface area contributed by atoms with E-state index in [2.05, 4.69) is 11.8 Å². The lowest BCUT2D eigenvalue weighted by molar-refractivity contribution is -0.135. The van der Waals surface area contributed by atoms with Gasteiger partial charge in [-0.15, -0.1) is 0 Å². The summed E-state index contributed by atoms with van der Waals surface area (Å²) >= 11 is 0. The molecule has 1 unspecified atom stereocenters. The van der Waals surface area contributed by atoms with Crippen LogP contribution in [0.25, 0.3) is 0 Å². The summed E-state index contributed by atoms with van der Waals surface area (Å²) in [5.74, 6) is -0.133. The van der Waals surface area contributed by atoms with Crippen LogP contribution in [-0.4, -0.2) is 85.8 Å². The number of nitrogens with zero attached hydrogens (tertiary/aromatic N) is 4. The molecule has 7 nitrogen and oxygen atoms in total. The summed E-state index contributed by atoms with van der Waals surface area (Å²) in [6.07, 6.45) is 2.07. The van der Waals surface area contributed by atoms with Crippen molar-refractivity contribution in [2.45, 2.75) is 26.2 Å². The summed E-state index contributed by atoms with van der Waals surface area (Å²) < 4.78 is 0. The topological polar surface area (TPSA) is 64.2 Å². The summed E-state index contributed by atoms with van der Waals surface area (Å²) in [6, 6.07) is 8.01. The largest absolute Gasteiger partial charge is 0.348 e. The highest BCUT2D eigenvalue weighted by molar-refractivity contribution is 6.00. The number of carbonyl (C=O) groups excluding carboxylic acids is 3. The molecule has 1 aromatic rings. The molecule has 3 amide bonds. The number of carbonyl (C=O) groups is 3. The van der Waals surface area contributed by atoms with Crippen molar-refractivity contribution in [2.75, 3.05) is 58.3 Å². The molecule has 2 aliphatic heterocycles. The van der Waals surface area contributed by atoms with Gasteiger partial charge in [0.15, 0.2) is 0 Å². The minimum absolute atomic E-state index is 0.0145. The molecule has 158 valence electrons. The molecule has 0 radical (unpaired) electrons. The van der Waals surface area contributed by atoms with Crippen molar-refractivity contribution in [3.63, 3.8) is 0 Å². The second kappa shape index (κ2) is 9.39. The molecule has 0 N–H and O–H groups in total. The number of anilines is 1. The summed E-state index contributed by atoms with van der Waals surface area (Å²) in [7, 11) is 3.52. The van der Waals surface area contributed by atoms with E-state index in [1.54, 1.807) is 23.9 Å². The Balaban J connectivity index is 1.57. The van der Waals surface area contributed by atoms with Crippen molar-refractivity contribution < 1.29 is 14.4 Å². The SMILES string of the molecule is CCc1ccc(N2CC(C(=O)N3CCCN(CC(=O)N(C)C)CC3)CC2=O)cc1. The van der Waals surface area contributed by atoms with Crippen LogP contribution in [0, 0.1) is 5.92 Å². The van der Waals surface area contributed by atoms with Crippen LogP contribution < -0.4 is 4.90 Å². The van der Waals surface area contributed by atoms with Gasteiger partial charge in [-0.25, -0.2) is 0 Å². The number of rotatable bonds is 5. The number of likely N-dealkylation sites (N-methyl/N-ethyl adjacent to an activating group) is 1. The molecular weight excluding hydrogens is 368 g/mol. The third kappa shape index (κ3) is 5.15. The maximum absolute atomic E-state index is 13.1. The standard InChI is InChI=1S/C22H32N4O3/c1-4-17-6-8-19(9-7-17)26-15-18(14-20(26)27)22(29)25-11-5-10-24(12-13-25)16-21(28)23(2)3/h6-9,18H,4-5,10-16H2,1-3H3. The zero-order chi connectivity index (χ0) is 21.0. The predicted octanol–water partition coefficient (Wildman–Crippen LogP) is 1.22. The van der Waals surface area contributed by atoms with Gasteiger partial charge in [0.1, 0.15) is 0 Å². The van der Waals surface area contributed by atoms with Gasteiger partial charge in [0, 0.05) is 58.9 Å². The van der Waals surface area contributed by atoms with Gasteiger partial charge < -0.3 is 14.7 Å². The minimum atomic E-state index is -0.289. The van der Waals surface area contributed by atoms with Gasteiger partial charge in [-0.2, -0.15) is 0 Å². The molecule has 2 saturated heterocycles. The van der Waals surface area contributed by atoms with Crippen LogP contribution in [0.5, 0.6) is 0 Å². The maximum atomic E-state index is 13.1. The van der Waals surface area contributed by atoms with Gasteiger partial charge >= 0.3 is 0 Å². The zero-order valence-electron chi connectivity index (χ0n) is 17.8. The van der Waals surface area contributed by atoms with E-state index >= 15 is 0 Å². The van der Waals surface area contributed by atoms with E-state index in [0.717, 1.165) is 25.1 Å². The van der Waals surface area contributed by atoms with E-state index in [-0.39, 0.29) is 30.1 Å². The van der Waals surface area contributed by atoms with Crippen LogP contribution in [0.3, 0.4) is 0 Å². The Bertz CT molecular complexity index is 747. The molecule has 2 aliphatic rings. The Kier molecular flexibility index (Phi) is 6.90. The third-order valence-corrected chi connectivity index (χ3v) is 5.89. The quantitative estimate of drug-likeness (QED) is 0.746. The van der Waals surface area contributed by atoms with Crippen LogP contribution in [0.2, 0.25) is 0 Å². The van der Waals surface area contributed by atoms with Gasteiger partial charge in [-0.05, 0) is 30.5 Å². The van der Waals surface area contributed by atoms with Gasteiger partial charge in [-0.1, -0.05) is 19.1 Å². The van der Waals surface area contributed by atoms with Gasteiger partial charge in [-0.3, -0.25) is 19.3 Å². The van der Waals surface area contributed by atoms with E-state index in [1.165, 1.54) is 5.56 Å². The fraction of sp³-hybridized carbons (Fsp3) is 0.591. The van der Waals surface area contributed by atoms with Crippen molar-refractivity contribution in [1.82, 2.24) is 14.7 Å². The molecule has 29 heavy (non-hydrogen) atoms. The Hall–Kier alpha value is -2.41. The number of benzene rings is 1. The van der Waals surface area contributed by atoms with Crippen LogP contribution in [-0.2, 0) is 20.8 Å². The number of amides is 3. The fourth-order valence-electron chi connectivity index (χ4n) is 3.97. The Morgan fingerprint density at radius 2 is 1.79 bits per heavy atom. The van der Waals surface area contributed by atoms with Crippen LogP contribution >= 0.6 is 0 Å². The molecule has 1 atom stereocenters. The molecule has 0 aromatic heterocycles. The summed E-state index contributed by atoms with van der Waals surface area (Å²) in [6.45, 7) is 5.72. The van der Waals surface area contributed by atoms with Crippen molar-refractivity contribution >= 4 is 23.4 Å². The van der Waals surface area contributed by atoms with Crippen molar-refractivity contribution in [3.8, 4) is 0 Å². The average Bonchev–Trinajstić information content (AvgIpc) is 2.95. The highest BCUT2D eigenvalue weighted by Gasteiger charge is 2.37. The molecule has 2 fully saturated rings. The van der Waals surface area contributed by atoms with Gasteiger partial charge in [0.05, 0.1) is 12.5 Å². The average molecular weight is 401 g/mol. The highest BCUT2D eigenvalue weighted by atomic mass is 16.2. The second-order valence-electron chi connectivity index (χ2n) is 8.17. The molecule has 7 heteroatoms. The molecular formula is C22H32N4O3. The summed E-state index contributed by atoms with van der Waals surface area (Å²) in [5.41, 5.74) is 2.10. The van der Waals surface area contributed by atoms with Crippen molar-refractivity contribution in [2.24, 2.45) is 5.92 Å². The fourth-order valence-corrected chi connectivity index (χ4v) is 3.97. The lowest BCUT2D eigenvalue weighted by Gasteiger charge is -2.25. The second-order valence-corrected chi connectivity index (χ2v) is 8.17. The maximum Gasteiger partial charge on any atom is 0.236 e. The van der Waals surface area contributed by atoms with Gasteiger partial charge in [0.25, 0.3) is 0 Å². The van der Waals surface area contributed by atoms with Crippen LogP contribution in [0.4, 0.5) is 5.69 Å². The van der Waals surface area contributed by atoms with E-state index in [4.69, 9.17) is 0 Å². The lowest BCUT2D eigenvalue weighted by Crippen LogP contribution is -2.41. The van der Waals surface area contributed by atoms with Crippen LogP contribution in [0.1, 0.15) is 25.3 Å². The van der Waals surface area contributed by atoms with E-state index in [1.807, 2.05) is 29.2 Å². The minimum Gasteiger partial charge on any atom is -0.348 e. The highest BCUT2D eigenvalue weighted by Crippen LogP contribution is 2.27. The Morgan fingerprint density at radius 1 is 1.07 bits per heavy atom. The molecule has 0 saturated carbocycles. The first-order valence-corrected chi connectivity index (χ1v) is 10.5. The Labute approximate surface area is 173 Å². The number of hydrogen-bond donors (Lipinski definition) is 0. The molecule has 0 bridgehead atoms. The zero-order valence-corrected chi connectivity index (χ0v) is 17.8. The first-order chi connectivity index (χ1) is 13.9. The third-order valence-electron chi connectivity index (χ3n) is 5.89. The first-order valence-electron chi connectivity index (χ1n) is 10.5. The van der Waals surface area contributed by atoms with Crippen LogP contribution in [0.15, 0.2) is 24.3 Å². The van der Waals surface area contributed by atoms with Gasteiger partial charge in [0.2, 0.25) is 17.7 Å². The molecule has 3 rings (SSSR count). The van der Waals surface area contributed by atoms with E-state index in [9.17, 15) is 14.4 Å². The predicted molar refractivity (Wildman–Crippen MR) is 113 cm³/mol. The van der Waals surface area contributed by atoms with E-state index < -0.39 is 0 Å². The lowest BCUT2D eigenvalue weighted by atomic mass is 10.1. The van der Waals surface area contributed by atoms with Crippen molar-refractivity contribution in [3.05, 3.63) is 29.8 Å². The smallest absolute Gasteiger partial charge is 0.236 e. The van der Waals surface area contributed by atoms with E-state index in [0.29, 0.717) is 32.7 Å². The normalized spacial score (nSPS) is 20.7. The first kappa shape index (κ1) is 21.3. The summed E-state index contributed by atoms with van der Waals surface area (Å²) in [5, 5.41) is 0.